The molecule has 145 heavy (non-hydrogen) atoms. The Balaban J connectivity index is -0.000000371. The van der Waals surface area contributed by atoms with Gasteiger partial charge in [-0.1, -0.05) is 101 Å². The number of amides is 3. The third-order valence-electron chi connectivity index (χ3n) is 16.8. The van der Waals surface area contributed by atoms with Crippen molar-refractivity contribution in [2.24, 2.45) is 0 Å². The molecule has 1 aromatic heterocycles. The molecule has 0 aliphatic carbocycles. The summed E-state index contributed by atoms with van der Waals surface area (Å²) in [7, 11) is -2.08. The molecular formula is C104H173N5O35S. The van der Waals surface area contributed by atoms with Crippen LogP contribution in [0.4, 0.5) is 0 Å². The number of benzene rings is 3. The van der Waals surface area contributed by atoms with E-state index in [0.29, 0.717) is 150 Å². The molecule has 1 aliphatic heterocycles. The van der Waals surface area contributed by atoms with Crippen molar-refractivity contribution in [1.29, 1.82) is 0 Å². The monoisotopic (exact) mass is 2080 g/mol. The van der Waals surface area contributed by atoms with E-state index in [2.05, 4.69) is 61.7 Å². The van der Waals surface area contributed by atoms with Gasteiger partial charge in [0.05, 0.1) is 239 Å². The Morgan fingerprint density at radius 2 is 0.821 bits per heavy atom. The molecule has 3 amide bonds. The van der Waals surface area contributed by atoms with Gasteiger partial charge < -0.3 is 162 Å². The minimum atomic E-state index is -3.61. The summed E-state index contributed by atoms with van der Waals surface area (Å²) in [4.78, 5) is 39.4. The number of sulfonamides is 1. The Kier molecular flexibility index (Phi) is 120. The third kappa shape index (κ3) is 98.9. The average Bonchev–Trinajstić information content (AvgIpc) is 1.79. The van der Waals surface area contributed by atoms with Crippen LogP contribution < -0.4 is 15.4 Å². The molecule has 3 atom stereocenters. The molecule has 1 fully saturated rings. The van der Waals surface area contributed by atoms with Crippen LogP contribution in [0.3, 0.4) is 0 Å². The van der Waals surface area contributed by atoms with E-state index in [1.54, 1.807) is 61.7 Å². The number of pyridine rings is 1. The average molecular weight is 2090 g/mol. The fourth-order valence-electron chi connectivity index (χ4n) is 9.70. The van der Waals surface area contributed by atoms with Crippen LogP contribution in [0.5, 0.6) is 5.75 Å². The number of methoxy groups -OCH3 is 1. The van der Waals surface area contributed by atoms with Crippen molar-refractivity contribution in [2.45, 2.75) is 129 Å². The lowest BCUT2D eigenvalue weighted by atomic mass is 10.1. The van der Waals surface area contributed by atoms with Gasteiger partial charge in [-0.25, -0.2) is 8.42 Å². The van der Waals surface area contributed by atoms with Crippen LogP contribution in [0.1, 0.15) is 125 Å². The number of carbonyl (C=O) groups is 3. The molecule has 1 aliphatic rings. The zero-order chi connectivity index (χ0) is 109. The molecule has 0 radical (unpaired) electrons. The van der Waals surface area contributed by atoms with E-state index in [9.17, 15) is 27.9 Å². The van der Waals surface area contributed by atoms with Gasteiger partial charge in [0, 0.05) is 76.1 Å². The Morgan fingerprint density at radius 3 is 1.26 bits per heavy atom. The maximum absolute atomic E-state index is 12.7. The number of unbranched alkanes of at least 4 members (excludes halogenated alkanes) is 4. The van der Waals surface area contributed by atoms with Gasteiger partial charge in [-0.2, -0.15) is 4.31 Å². The topological polar surface area (TPSA) is 527 Å². The van der Waals surface area contributed by atoms with Crippen LogP contribution >= 0.6 is 0 Å². The predicted molar refractivity (Wildman–Crippen MR) is 555 cm³/mol. The molecule has 0 saturated carbocycles. The first-order chi connectivity index (χ1) is 70.8. The molecule has 3 aromatic carbocycles. The van der Waals surface area contributed by atoms with Crippen molar-refractivity contribution in [3.05, 3.63) is 265 Å². The SMILES string of the molecule is C=COCCCCO.C=COCCN(CCCCO)S(=O)(=O)c1ccc(OC)cc1.C=COCCN(CCO)C(=O)c1ccncc1.C=COCCNC(=O)C(=O)NCCO.C=COCCOCCO.C=COC[C@@H]1OC(c2ccccc2)O[C@H]1CO.C=COCc1ccc(CO)cc1.CCO/C=C/CCCO.CCO/C=C/CCOCCOCCO.CCO/C=C\CCCO.CCO/C=C\CCOCCOCCO. The number of rotatable bonds is 74. The Hall–Kier alpha value is -10.8. The van der Waals surface area contributed by atoms with Crippen LogP contribution in [0.2, 0.25) is 0 Å². The summed E-state index contributed by atoms with van der Waals surface area (Å²) >= 11 is 0. The number of hydrogen-bond donors (Lipinski definition) is 13. The van der Waals surface area contributed by atoms with Gasteiger partial charge in [0.2, 0.25) is 10.0 Å². The van der Waals surface area contributed by atoms with Gasteiger partial charge in [-0.15, -0.1) is 0 Å². The van der Waals surface area contributed by atoms with Crippen LogP contribution in [0.25, 0.3) is 0 Å². The number of nitrogens with zero attached hydrogens (tertiary/aromatic N) is 3. The molecule has 41 heteroatoms. The predicted octanol–water partition coefficient (Wildman–Crippen LogP) is 9.72. The number of nitrogens with one attached hydrogen (secondary N) is 2. The number of aliphatic hydroxyl groups is 11. The number of ether oxygens (including phenoxy) is 19. The number of carbonyl (C=O) groups excluding carboxylic acids is 3. The summed E-state index contributed by atoms with van der Waals surface area (Å²) in [5, 5.41) is 98.7. The highest BCUT2D eigenvalue weighted by Crippen LogP contribution is 2.31. The van der Waals surface area contributed by atoms with E-state index in [-0.39, 0.29) is 135 Å². The molecule has 4 aromatic rings. The fourth-order valence-corrected chi connectivity index (χ4v) is 11.2. The number of aromatic nitrogens is 1. The number of hydrogen-bond acceptors (Lipinski definition) is 36. The first-order valence-electron chi connectivity index (χ1n) is 47.8. The number of allylic oxidation sites excluding steroid dienone is 2. The first-order valence-corrected chi connectivity index (χ1v) is 49.3. The molecule has 40 nitrogen and oxygen atoms in total. The Labute approximate surface area is 861 Å². The third-order valence-corrected chi connectivity index (χ3v) is 18.7. The maximum atomic E-state index is 12.7. The normalized spacial score (nSPS) is 12.2. The second kappa shape index (κ2) is 120. The highest BCUT2D eigenvalue weighted by molar-refractivity contribution is 7.89. The minimum absolute atomic E-state index is 0.0413. The van der Waals surface area contributed by atoms with Gasteiger partial charge in [0.25, 0.3) is 5.91 Å². The summed E-state index contributed by atoms with van der Waals surface area (Å²) < 4.78 is 123. The van der Waals surface area contributed by atoms with Crippen LogP contribution in [-0.4, -0.2) is 353 Å². The van der Waals surface area contributed by atoms with Crippen molar-refractivity contribution in [1.82, 2.24) is 24.8 Å². The summed E-state index contributed by atoms with van der Waals surface area (Å²) in [5.74, 6) is -1.06. The van der Waals surface area contributed by atoms with Crippen molar-refractivity contribution in [2.75, 3.05) is 245 Å². The van der Waals surface area contributed by atoms with E-state index in [0.717, 1.165) is 81.3 Å². The van der Waals surface area contributed by atoms with Crippen molar-refractivity contribution >= 4 is 27.7 Å². The molecular weight excluding hydrogens is 1910 g/mol. The zero-order valence-electron chi connectivity index (χ0n) is 86.1. The number of aliphatic hydroxyl groups excluding tert-OH is 11. The molecule has 1 saturated heterocycles. The van der Waals surface area contributed by atoms with E-state index < -0.39 is 28.1 Å². The van der Waals surface area contributed by atoms with Gasteiger partial charge >= 0.3 is 11.8 Å². The molecule has 0 bridgehead atoms. The van der Waals surface area contributed by atoms with E-state index in [1.807, 2.05) is 107 Å². The summed E-state index contributed by atoms with van der Waals surface area (Å²) in [5.41, 5.74) is 3.48. The molecule has 1 unspecified atom stereocenters. The summed E-state index contributed by atoms with van der Waals surface area (Å²) in [6.07, 6.45) is 33.9. The van der Waals surface area contributed by atoms with Crippen molar-refractivity contribution in [3.8, 4) is 5.75 Å². The first kappa shape index (κ1) is 145. The smallest absolute Gasteiger partial charge is 0.309 e. The Morgan fingerprint density at radius 1 is 0.393 bits per heavy atom. The lowest BCUT2D eigenvalue weighted by molar-refractivity contribution is -0.139. The highest BCUT2D eigenvalue weighted by atomic mass is 32.2. The van der Waals surface area contributed by atoms with Crippen molar-refractivity contribution in [3.63, 3.8) is 0 Å². The molecule has 5 rings (SSSR count). The van der Waals surface area contributed by atoms with Crippen molar-refractivity contribution < 1.29 is 169 Å². The molecule has 13 N–H and O–H groups in total. The zero-order valence-corrected chi connectivity index (χ0v) is 86.9. The summed E-state index contributed by atoms with van der Waals surface area (Å²) in [6, 6.07) is 26.8. The van der Waals surface area contributed by atoms with Crippen LogP contribution in [0.15, 0.2) is 248 Å². The lowest BCUT2D eigenvalue weighted by Crippen LogP contribution is -2.41. The standard InChI is InChI=1S/C15H23NO5S.C13H16O4.C12H16N2O3.2C10H20O4.C10H12O2.C8H14N2O4.2C7H14O2.C6H12O3.C6H12O2/c1-3-21-13-11-16(10-4-5-12-17)22(18,19)15-8-6-14(20-2)7-9-15;1-2-15-9-12-11(8-14)16-13(17-12)10-6-4-3-5-7-10;1-2-17-10-8-14(7-9-15)12(16)11-3-5-13-6-4-11;2*1-2-12-6-3-4-7-13-9-10-14-8-5-11;1-2-12-8-10-5-3-9(7-11)4-6-10;1-2-14-6-4-10-8(13)7(12)9-3-5-11;2*1-2-9-7-5-3-4-6-8;1-2-8-5-6-9-4-3-7;1-2-8-6-4-3-5-7/h3,6-9,17H,1,4-5,10-13H2,2H3;2-7,11-14H,1,8-9H2;2-6,15H,1,7-10H2;2*3,6,11H,2,4-5,7-10H2,1H3;2-6,11H,1,7-8H2;2,11H,1,3-6H2,(H,9,12)(H,10,13);2*5,7-8H,2-4,6H2,1H3;2,7H,1,3-6H2;2,7H,1,3-6H2/b;;;6-3+;6-3-;;;7-5+;7-5-;;/t;11-,12-,13?;;;;;;;;;/m.0........./s1. The molecule has 0 spiro atoms. The van der Waals surface area contributed by atoms with Gasteiger partial charge in [-0.05, 0) is 164 Å². The van der Waals surface area contributed by atoms with Gasteiger partial charge in [-0.3, -0.25) is 19.4 Å². The highest BCUT2D eigenvalue weighted by Gasteiger charge is 2.37. The lowest BCUT2D eigenvalue weighted by Gasteiger charge is -2.22. The minimum Gasteiger partial charge on any atom is -0.502 e. The Bertz CT molecular complexity index is 3690. The van der Waals surface area contributed by atoms with E-state index in [4.69, 9.17) is 141 Å². The van der Waals surface area contributed by atoms with Gasteiger partial charge in [0.15, 0.2) is 6.29 Å². The van der Waals surface area contributed by atoms with Crippen LogP contribution in [0, 0.1) is 0 Å². The molecule has 830 valence electrons. The maximum Gasteiger partial charge on any atom is 0.309 e. The van der Waals surface area contributed by atoms with E-state index in [1.165, 1.54) is 72.3 Å². The van der Waals surface area contributed by atoms with E-state index >= 15 is 0 Å². The fraction of sp³-hybridized carbons (Fsp3) is 0.538. The van der Waals surface area contributed by atoms with Crippen LogP contribution in [-0.2, 0) is 118 Å². The quantitative estimate of drug-likeness (QED) is 0.0111. The molecule has 2 heterocycles. The van der Waals surface area contributed by atoms with Gasteiger partial charge in [0.1, 0.15) is 57.6 Å². The second-order valence-corrected chi connectivity index (χ2v) is 29.6. The summed E-state index contributed by atoms with van der Waals surface area (Å²) in [6.45, 7) is 44.8. The second-order valence-electron chi connectivity index (χ2n) is 27.7. The largest absolute Gasteiger partial charge is 0.502 e.